The molecule has 7 nitrogen and oxygen atoms in total. The summed E-state index contributed by atoms with van der Waals surface area (Å²) < 4.78 is 5.30. The molecule has 0 radical (unpaired) electrons. The number of piperazine rings is 1. The van der Waals surface area contributed by atoms with E-state index in [9.17, 15) is 4.79 Å². The summed E-state index contributed by atoms with van der Waals surface area (Å²) in [6.07, 6.45) is 2.23. The number of amides is 1. The maximum absolute atomic E-state index is 11.9. The van der Waals surface area contributed by atoms with E-state index in [1.54, 1.807) is 6.33 Å². The van der Waals surface area contributed by atoms with Gasteiger partial charge in [0.05, 0.1) is 11.1 Å². The molecular formula is C16H19N5O2. The van der Waals surface area contributed by atoms with Crippen LogP contribution >= 0.6 is 0 Å². The van der Waals surface area contributed by atoms with Crippen LogP contribution in [0.3, 0.4) is 0 Å². The molecule has 4 rings (SSSR count). The summed E-state index contributed by atoms with van der Waals surface area (Å²) in [5.74, 6) is 0.838. The van der Waals surface area contributed by atoms with Crippen LogP contribution in [0.5, 0.6) is 0 Å². The first-order valence-corrected chi connectivity index (χ1v) is 7.91. The van der Waals surface area contributed by atoms with E-state index in [0.29, 0.717) is 19.7 Å². The van der Waals surface area contributed by atoms with E-state index in [-0.39, 0.29) is 11.6 Å². The van der Waals surface area contributed by atoms with Crippen LogP contribution in [-0.2, 0) is 4.74 Å². The predicted molar refractivity (Wildman–Crippen MR) is 85.4 cm³/mol. The lowest BCUT2D eigenvalue weighted by atomic mass is 9.93. The van der Waals surface area contributed by atoms with Gasteiger partial charge in [-0.05, 0) is 25.5 Å². The van der Waals surface area contributed by atoms with Gasteiger partial charge in [-0.2, -0.15) is 0 Å². The van der Waals surface area contributed by atoms with E-state index in [1.807, 2.05) is 24.0 Å². The number of rotatable bonds is 2. The number of fused-ring (bicyclic) bond motifs is 2. The highest BCUT2D eigenvalue weighted by Crippen LogP contribution is 2.34. The number of aromatic nitrogens is 3. The second-order valence-corrected chi connectivity index (χ2v) is 6.22. The molecule has 0 spiro atoms. The molecule has 0 saturated carbocycles. The molecule has 120 valence electrons. The Morgan fingerprint density at radius 1 is 1.30 bits per heavy atom. The van der Waals surface area contributed by atoms with Crippen LogP contribution in [0, 0.1) is 6.92 Å². The second kappa shape index (κ2) is 5.04. The number of carbonyl (C=O) groups is 1. The number of hydrogen-bond donors (Lipinski definition) is 0. The summed E-state index contributed by atoms with van der Waals surface area (Å²) in [5, 5.41) is 0. The van der Waals surface area contributed by atoms with Gasteiger partial charge in [-0.3, -0.25) is 4.90 Å². The maximum Gasteiger partial charge on any atom is 0.410 e. The monoisotopic (exact) mass is 313 g/mol. The van der Waals surface area contributed by atoms with E-state index in [4.69, 9.17) is 4.74 Å². The van der Waals surface area contributed by atoms with Gasteiger partial charge in [0.25, 0.3) is 0 Å². The lowest BCUT2D eigenvalue weighted by molar-refractivity contribution is 0.137. The van der Waals surface area contributed by atoms with Crippen LogP contribution in [0.1, 0.15) is 19.0 Å². The predicted octanol–water partition coefficient (Wildman–Crippen LogP) is 1.75. The number of pyridine rings is 1. The Hall–Kier alpha value is -2.44. The van der Waals surface area contributed by atoms with Crippen LogP contribution in [0.15, 0.2) is 18.5 Å². The van der Waals surface area contributed by atoms with Crippen molar-refractivity contribution in [3.05, 3.63) is 24.2 Å². The minimum atomic E-state index is -0.267. The van der Waals surface area contributed by atoms with Gasteiger partial charge in [-0.15, -0.1) is 0 Å². The smallest absolute Gasteiger partial charge is 0.410 e. The molecular weight excluding hydrogens is 294 g/mol. The molecule has 1 atom stereocenters. The molecule has 23 heavy (non-hydrogen) atoms. The lowest BCUT2D eigenvalue weighted by Crippen LogP contribution is -2.61. The Morgan fingerprint density at radius 2 is 2.17 bits per heavy atom. The summed E-state index contributed by atoms with van der Waals surface area (Å²) in [5.41, 5.74) is 2.33. The molecule has 2 aliphatic heterocycles. The van der Waals surface area contributed by atoms with Crippen molar-refractivity contribution < 1.29 is 9.53 Å². The number of ether oxygens (including phenoxy) is 1. The fourth-order valence-corrected chi connectivity index (χ4v) is 3.50. The zero-order valence-corrected chi connectivity index (χ0v) is 13.3. The zero-order chi connectivity index (χ0) is 16.0. The summed E-state index contributed by atoms with van der Waals surface area (Å²) in [4.78, 5) is 29.4. The largest absolute Gasteiger partial charge is 0.447 e. The van der Waals surface area contributed by atoms with Crippen molar-refractivity contribution in [1.82, 2.24) is 19.9 Å². The molecule has 0 aliphatic carbocycles. The van der Waals surface area contributed by atoms with Crippen LogP contribution in [0.4, 0.5) is 10.6 Å². The molecule has 2 aromatic rings. The molecule has 0 aromatic carbocycles. The average Bonchev–Trinajstić information content (AvgIpc) is 2.91. The third-order valence-electron chi connectivity index (χ3n) is 4.90. The normalized spacial score (nSPS) is 24.0. The Kier molecular flexibility index (Phi) is 3.11. The fourth-order valence-electron chi connectivity index (χ4n) is 3.50. The Balaban J connectivity index is 1.75. The highest BCUT2D eigenvalue weighted by atomic mass is 16.6. The topological polar surface area (TPSA) is 71.5 Å². The van der Waals surface area contributed by atoms with Crippen LogP contribution in [0.25, 0.3) is 11.0 Å². The van der Waals surface area contributed by atoms with Crippen molar-refractivity contribution in [3.8, 4) is 0 Å². The van der Waals surface area contributed by atoms with Crippen molar-refractivity contribution in [2.24, 2.45) is 0 Å². The van der Waals surface area contributed by atoms with Gasteiger partial charge in [0.1, 0.15) is 18.5 Å². The van der Waals surface area contributed by atoms with Crippen LogP contribution < -0.4 is 4.90 Å². The van der Waals surface area contributed by atoms with Crippen molar-refractivity contribution in [3.63, 3.8) is 0 Å². The van der Waals surface area contributed by atoms with E-state index >= 15 is 0 Å². The zero-order valence-electron chi connectivity index (χ0n) is 13.3. The molecule has 1 unspecified atom stereocenters. The highest BCUT2D eigenvalue weighted by Gasteiger charge is 2.49. The van der Waals surface area contributed by atoms with E-state index in [0.717, 1.165) is 35.5 Å². The second-order valence-electron chi connectivity index (χ2n) is 6.22. The fraction of sp³-hybridized carbons (Fsp3) is 0.500. The summed E-state index contributed by atoms with van der Waals surface area (Å²) in [7, 11) is 0. The first kappa shape index (κ1) is 14.2. The third kappa shape index (κ3) is 2.10. The molecule has 4 heterocycles. The van der Waals surface area contributed by atoms with Gasteiger partial charge >= 0.3 is 6.09 Å². The maximum atomic E-state index is 11.9. The average molecular weight is 313 g/mol. The van der Waals surface area contributed by atoms with Crippen molar-refractivity contribution in [2.45, 2.75) is 25.8 Å². The third-order valence-corrected chi connectivity index (χ3v) is 4.90. The Morgan fingerprint density at radius 3 is 3.00 bits per heavy atom. The van der Waals surface area contributed by atoms with Crippen molar-refractivity contribution in [1.29, 1.82) is 0 Å². The standard InChI is InChI=1S/C16H19N5O2/c1-3-16-8-20(6-7-21(16)15(22)23-9-16)14-13-12(17-10-18-14)5-4-11(2)19-13/h4-5,10H,3,6-9H2,1-2H3. The van der Waals surface area contributed by atoms with E-state index < -0.39 is 0 Å². The number of anilines is 1. The van der Waals surface area contributed by atoms with Crippen molar-refractivity contribution >= 4 is 22.9 Å². The molecule has 1 amide bonds. The minimum Gasteiger partial charge on any atom is -0.447 e. The number of carbonyl (C=O) groups excluding carboxylic acids is 1. The van der Waals surface area contributed by atoms with Gasteiger partial charge in [0.15, 0.2) is 5.82 Å². The first-order chi connectivity index (χ1) is 11.1. The SMILES string of the molecule is CCC12COC(=O)N1CCN(c1ncnc3ccc(C)nc13)C2. The molecule has 2 fully saturated rings. The van der Waals surface area contributed by atoms with E-state index in [1.165, 1.54) is 0 Å². The number of nitrogens with zero attached hydrogens (tertiary/aromatic N) is 5. The van der Waals surface area contributed by atoms with Crippen LogP contribution in [-0.4, -0.2) is 57.7 Å². The van der Waals surface area contributed by atoms with Gasteiger partial charge in [0.2, 0.25) is 0 Å². The number of cyclic esters (lactones) is 1. The Bertz CT molecular complexity index is 780. The van der Waals surface area contributed by atoms with Gasteiger partial charge in [0, 0.05) is 25.3 Å². The molecule has 0 bridgehead atoms. The van der Waals surface area contributed by atoms with Gasteiger partial charge in [-0.25, -0.2) is 19.7 Å². The number of aryl methyl sites for hydroxylation is 1. The molecule has 2 saturated heterocycles. The van der Waals surface area contributed by atoms with Gasteiger partial charge in [-0.1, -0.05) is 6.92 Å². The summed E-state index contributed by atoms with van der Waals surface area (Å²) >= 11 is 0. The summed E-state index contributed by atoms with van der Waals surface area (Å²) in [6.45, 7) is 6.57. The number of hydrogen-bond acceptors (Lipinski definition) is 6. The van der Waals surface area contributed by atoms with E-state index in [2.05, 4.69) is 26.8 Å². The van der Waals surface area contributed by atoms with Crippen molar-refractivity contribution in [2.75, 3.05) is 31.1 Å². The Labute approximate surface area is 134 Å². The molecule has 2 aromatic heterocycles. The molecule has 7 heteroatoms. The highest BCUT2D eigenvalue weighted by molar-refractivity contribution is 5.85. The van der Waals surface area contributed by atoms with Crippen LogP contribution in [0.2, 0.25) is 0 Å². The van der Waals surface area contributed by atoms with Gasteiger partial charge < -0.3 is 9.64 Å². The molecule has 0 N–H and O–H groups in total. The minimum absolute atomic E-state index is 0.201. The first-order valence-electron chi connectivity index (χ1n) is 7.91. The summed E-state index contributed by atoms with van der Waals surface area (Å²) in [6, 6.07) is 3.92. The lowest BCUT2D eigenvalue weighted by Gasteiger charge is -2.44. The quantitative estimate of drug-likeness (QED) is 0.841. The molecule has 2 aliphatic rings.